The lowest BCUT2D eigenvalue weighted by Gasteiger charge is -2.17. The minimum absolute atomic E-state index is 0.119. The van der Waals surface area contributed by atoms with Crippen LogP contribution in [0, 0.1) is 11.8 Å². The van der Waals surface area contributed by atoms with Gasteiger partial charge in [0.05, 0.1) is 24.8 Å². The molecule has 0 saturated heterocycles. The van der Waals surface area contributed by atoms with E-state index in [9.17, 15) is 9.59 Å². The van der Waals surface area contributed by atoms with Gasteiger partial charge < -0.3 is 10.6 Å². The van der Waals surface area contributed by atoms with Crippen molar-refractivity contribution in [3.05, 3.63) is 44.6 Å². The highest BCUT2D eigenvalue weighted by Gasteiger charge is 2.22. The summed E-state index contributed by atoms with van der Waals surface area (Å²) in [4.78, 5) is 33.0. The Labute approximate surface area is 181 Å². The van der Waals surface area contributed by atoms with Gasteiger partial charge in [0.15, 0.2) is 11.2 Å². The maximum atomic E-state index is 13.5. The molecule has 0 bridgehead atoms. The van der Waals surface area contributed by atoms with Gasteiger partial charge in [-0.15, -0.1) is 5.92 Å². The molecule has 3 aromatic heterocycles. The topological polar surface area (TPSA) is 117 Å². The zero-order chi connectivity index (χ0) is 22.1. The summed E-state index contributed by atoms with van der Waals surface area (Å²) in [6.07, 6.45) is 0. The van der Waals surface area contributed by atoms with Crippen LogP contribution in [-0.4, -0.2) is 47.6 Å². The summed E-state index contributed by atoms with van der Waals surface area (Å²) < 4.78 is 12.8. The molecule has 0 unspecified atom stereocenters. The number of likely N-dealkylation sites (N-methyl/N-ethyl adjacent to an activating group) is 1. The lowest BCUT2D eigenvalue weighted by molar-refractivity contribution is 0.654. The van der Waals surface area contributed by atoms with E-state index in [1.54, 1.807) is 18.5 Å². The summed E-state index contributed by atoms with van der Waals surface area (Å²) in [5, 5.41) is 0. The van der Waals surface area contributed by atoms with Gasteiger partial charge in [-0.25, -0.2) is 4.79 Å². The first-order valence-electron chi connectivity index (χ1n) is 9.68. The SMILES string of the molecule is CC#CCn1c(N(C)CCN)nc2c1c(=O)n(Cc1ccc3nsnc3c1)c(=O)n2C. The van der Waals surface area contributed by atoms with Crippen LogP contribution in [-0.2, 0) is 20.1 Å². The first-order chi connectivity index (χ1) is 15.0. The summed E-state index contributed by atoms with van der Waals surface area (Å²) in [5.74, 6) is 6.39. The predicted molar refractivity (Wildman–Crippen MR) is 122 cm³/mol. The number of anilines is 1. The summed E-state index contributed by atoms with van der Waals surface area (Å²) in [6.45, 7) is 3.11. The van der Waals surface area contributed by atoms with Crippen molar-refractivity contribution in [2.75, 3.05) is 25.0 Å². The van der Waals surface area contributed by atoms with Crippen molar-refractivity contribution in [1.29, 1.82) is 0 Å². The van der Waals surface area contributed by atoms with Crippen LogP contribution in [0.1, 0.15) is 12.5 Å². The molecule has 3 heterocycles. The third kappa shape index (κ3) is 3.60. The minimum Gasteiger partial charge on any atom is -0.344 e. The molecule has 0 aliphatic carbocycles. The van der Waals surface area contributed by atoms with E-state index in [-0.39, 0.29) is 13.1 Å². The molecule has 4 aromatic rings. The summed E-state index contributed by atoms with van der Waals surface area (Å²) >= 11 is 1.12. The van der Waals surface area contributed by atoms with Crippen LogP contribution in [0.3, 0.4) is 0 Å². The van der Waals surface area contributed by atoms with E-state index in [1.165, 1.54) is 9.13 Å². The molecular formula is C20H22N8O2S. The number of fused-ring (bicyclic) bond motifs is 2. The molecule has 160 valence electrons. The van der Waals surface area contributed by atoms with Gasteiger partial charge in [0.2, 0.25) is 5.95 Å². The lowest BCUT2D eigenvalue weighted by atomic mass is 10.2. The van der Waals surface area contributed by atoms with Crippen molar-refractivity contribution in [3.63, 3.8) is 0 Å². The second kappa shape index (κ2) is 8.33. The standard InChI is InChI=1S/C20H22N8O2S/c1-4-5-9-27-16-17(22-19(27)25(2)10-8-21)26(3)20(30)28(18(16)29)12-13-6-7-14-15(11-13)24-31-23-14/h6-7,11H,8-10,12,21H2,1-3H3. The number of nitrogens with two attached hydrogens (primary N) is 1. The molecule has 0 aliphatic rings. The number of hydrogen-bond donors (Lipinski definition) is 1. The molecule has 0 radical (unpaired) electrons. The van der Waals surface area contributed by atoms with Gasteiger partial charge in [0.1, 0.15) is 11.0 Å². The number of benzene rings is 1. The van der Waals surface area contributed by atoms with Crippen LogP contribution >= 0.6 is 11.7 Å². The van der Waals surface area contributed by atoms with Crippen LogP contribution in [0.2, 0.25) is 0 Å². The van der Waals surface area contributed by atoms with Gasteiger partial charge in [-0.2, -0.15) is 13.7 Å². The van der Waals surface area contributed by atoms with Crippen LogP contribution in [0.25, 0.3) is 22.2 Å². The fraction of sp³-hybridized carbons (Fsp3) is 0.350. The minimum atomic E-state index is -0.437. The van der Waals surface area contributed by atoms with Crippen molar-refractivity contribution in [3.8, 4) is 11.8 Å². The fourth-order valence-corrected chi connectivity index (χ4v) is 4.02. The van der Waals surface area contributed by atoms with E-state index in [1.807, 2.05) is 30.1 Å². The third-order valence-electron chi connectivity index (χ3n) is 5.09. The molecule has 1 aromatic carbocycles. The molecule has 31 heavy (non-hydrogen) atoms. The molecule has 10 nitrogen and oxygen atoms in total. The van der Waals surface area contributed by atoms with E-state index in [0.29, 0.717) is 30.2 Å². The molecular weight excluding hydrogens is 416 g/mol. The number of rotatable bonds is 6. The Bertz CT molecular complexity index is 1450. The fourth-order valence-electron chi connectivity index (χ4n) is 3.50. The predicted octanol–water partition coefficient (Wildman–Crippen LogP) is 0.368. The van der Waals surface area contributed by atoms with E-state index >= 15 is 0 Å². The van der Waals surface area contributed by atoms with E-state index in [2.05, 4.69) is 25.6 Å². The largest absolute Gasteiger partial charge is 0.344 e. The lowest BCUT2D eigenvalue weighted by Crippen LogP contribution is -2.40. The first-order valence-corrected chi connectivity index (χ1v) is 10.4. The van der Waals surface area contributed by atoms with Gasteiger partial charge in [0, 0.05) is 27.2 Å². The third-order valence-corrected chi connectivity index (χ3v) is 5.65. The van der Waals surface area contributed by atoms with Crippen LogP contribution in [0.4, 0.5) is 5.95 Å². The number of hydrogen-bond acceptors (Lipinski definition) is 8. The molecule has 0 amide bonds. The Morgan fingerprint density at radius 1 is 1.19 bits per heavy atom. The Morgan fingerprint density at radius 2 is 1.97 bits per heavy atom. The highest BCUT2D eigenvalue weighted by Crippen LogP contribution is 2.19. The van der Waals surface area contributed by atoms with Crippen molar-refractivity contribution in [2.45, 2.75) is 20.0 Å². The Morgan fingerprint density at radius 3 is 2.71 bits per heavy atom. The average molecular weight is 439 g/mol. The Kier molecular flexibility index (Phi) is 5.58. The summed E-state index contributed by atoms with van der Waals surface area (Å²) in [7, 11) is 3.46. The van der Waals surface area contributed by atoms with Gasteiger partial charge in [-0.05, 0) is 24.6 Å². The van der Waals surface area contributed by atoms with Crippen molar-refractivity contribution in [1.82, 2.24) is 27.4 Å². The molecule has 4 rings (SSSR count). The Hall–Kier alpha value is -3.49. The quantitative estimate of drug-likeness (QED) is 0.432. The molecule has 0 saturated carbocycles. The maximum Gasteiger partial charge on any atom is 0.332 e. The van der Waals surface area contributed by atoms with E-state index in [0.717, 1.165) is 28.3 Å². The molecule has 0 atom stereocenters. The van der Waals surface area contributed by atoms with Gasteiger partial charge >= 0.3 is 5.69 Å². The zero-order valence-electron chi connectivity index (χ0n) is 17.5. The second-order valence-electron chi connectivity index (χ2n) is 7.13. The van der Waals surface area contributed by atoms with Crippen LogP contribution < -0.4 is 21.9 Å². The first kappa shape index (κ1) is 20.8. The average Bonchev–Trinajstić information content (AvgIpc) is 3.38. The highest BCUT2D eigenvalue weighted by atomic mass is 32.1. The smallest absolute Gasteiger partial charge is 0.332 e. The monoisotopic (exact) mass is 438 g/mol. The van der Waals surface area contributed by atoms with Gasteiger partial charge in [-0.1, -0.05) is 12.0 Å². The Balaban J connectivity index is 1.92. The number of aromatic nitrogens is 6. The van der Waals surface area contributed by atoms with E-state index in [4.69, 9.17) is 5.73 Å². The summed E-state index contributed by atoms with van der Waals surface area (Å²) in [6, 6.07) is 5.53. The molecule has 2 N–H and O–H groups in total. The number of aryl methyl sites for hydroxylation is 1. The van der Waals surface area contributed by atoms with Gasteiger partial charge in [-0.3, -0.25) is 18.5 Å². The van der Waals surface area contributed by atoms with Crippen molar-refractivity contribution in [2.24, 2.45) is 12.8 Å². The molecule has 0 aliphatic heterocycles. The normalized spacial score (nSPS) is 11.1. The number of imidazole rings is 1. The summed E-state index contributed by atoms with van der Waals surface area (Å²) in [5.41, 5.74) is 7.82. The molecule has 0 spiro atoms. The molecule has 11 heteroatoms. The van der Waals surface area contributed by atoms with Crippen molar-refractivity contribution >= 4 is 39.9 Å². The van der Waals surface area contributed by atoms with Gasteiger partial charge in [0.25, 0.3) is 5.56 Å². The maximum absolute atomic E-state index is 13.5. The zero-order valence-corrected chi connectivity index (χ0v) is 18.3. The number of nitrogens with zero attached hydrogens (tertiary/aromatic N) is 7. The highest BCUT2D eigenvalue weighted by molar-refractivity contribution is 7.00. The second-order valence-corrected chi connectivity index (χ2v) is 7.66. The van der Waals surface area contributed by atoms with Crippen LogP contribution in [0.5, 0.6) is 0 Å². The molecule has 0 fully saturated rings. The van der Waals surface area contributed by atoms with E-state index < -0.39 is 11.2 Å². The van der Waals surface area contributed by atoms with Crippen LogP contribution in [0.15, 0.2) is 27.8 Å². The van der Waals surface area contributed by atoms with Crippen molar-refractivity contribution < 1.29 is 0 Å².